The summed E-state index contributed by atoms with van der Waals surface area (Å²) in [6.45, 7) is 3.05. The topological polar surface area (TPSA) is 24.1 Å². The number of hydrogen-bond donors (Lipinski definition) is 2. The second kappa shape index (κ2) is 3.86. The van der Waals surface area contributed by atoms with E-state index in [2.05, 4.69) is 29.7 Å². The van der Waals surface area contributed by atoms with Crippen LogP contribution in [0.5, 0.6) is 0 Å². The van der Waals surface area contributed by atoms with E-state index in [9.17, 15) is 0 Å². The number of anilines is 2. The Bertz CT molecular complexity index is 221. The van der Waals surface area contributed by atoms with Crippen LogP contribution in [0.1, 0.15) is 6.92 Å². The van der Waals surface area contributed by atoms with Crippen LogP contribution in [-0.2, 0) is 0 Å². The molecule has 0 unspecified atom stereocenters. The van der Waals surface area contributed by atoms with Crippen molar-refractivity contribution >= 4 is 11.4 Å². The van der Waals surface area contributed by atoms with Gasteiger partial charge in [0.15, 0.2) is 0 Å². The van der Waals surface area contributed by atoms with Gasteiger partial charge in [0.25, 0.3) is 0 Å². The number of para-hydroxylation sites is 2. The van der Waals surface area contributed by atoms with Crippen LogP contribution in [0.25, 0.3) is 0 Å². The Morgan fingerprint density at radius 2 is 1.82 bits per heavy atom. The van der Waals surface area contributed by atoms with Crippen molar-refractivity contribution in [1.82, 2.24) is 0 Å². The van der Waals surface area contributed by atoms with E-state index in [1.807, 2.05) is 19.2 Å². The lowest BCUT2D eigenvalue weighted by Gasteiger charge is -2.08. The highest BCUT2D eigenvalue weighted by atomic mass is 14.9. The van der Waals surface area contributed by atoms with Crippen molar-refractivity contribution in [3.8, 4) is 0 Å². The number of benzene rings is 1. The SMILES string of the molecule is CCNc1ccccc1NC. The normalized spacial score (nSPS) is 9.27. The lowest BCUT2D eigenvalue weighted by atomic mass is 10.2. The third kappa shape index (κ3) is 1.87. The average Bonchev–Trinajstić information content (AvgIpc) is 2.06. The Kier molecular flexibility index (Phi) is 2.78. The van der Waals surface area contributed by atoms with E-state index in [4.69, 9.17) is 0 Å². The molecule has 1 aromatic rings. The summed E-state index contributed by atoms with van der Waals surface area (Å²) in [5.74, 6) is 0. The molecule has 0 atom stereocenters. The molecule has 1 rings (SSSR count). The van der Waals surface area contributed by atoms with Gasteiger partial charge in [-0.25, -0.2) is 0 Å². The van der Waals surface area contributed by atoms with E-state index >= 15 is 0 Å². The first-order chi connectivity index (χ1) is 5.38. The molecule has 0 fully saturated rings. The smallest absolute Gasteiger partial charge is 0.0575 e. The summed E-state index contributed by atoms with van der Waals surface area (Å²) in [6.07, 6.45) is 0. The molecule has 0 spiro atoms. The van der Waals surface area contributed by atoms with Gasteiger partial charge in [0, 0.05) is 13.6 Å². The Labute approximate surface area is 67.6 Å². The zero-order valence-electron chi connectivity index (χ0n) is 7.02. The monoisotopic (exact) mass is 150 g/mol. The highest BCUT2D eigenvalue weighted by Gasteiger charge is 1.94. The van der Waals surface area contributed by atoms with Crippen molar-refractivity contribution in [2.24, 2.45) is 0 Å². The van der Waals surface area contributed by atoms with Gasteiger partial charge in [0.1, 0.15) is 0 Å². The summed E-state index contributed by atoms with van der Waals surface area (Å²) >= 11 is 0. The maximum Gasteiger partial charge on any atom is 0.0575 e. The van der Waals surface area contributed by atoms with Gasteiger partial charge in [-0.05, 0) is 19.1 Å². The first-order valence-corrected chi connectivity index (χ1v) is 3.89. The van der Waals surface area contributed by atoms with Crippen LogP contribution >= 0.6 is 0 Å². The molecule has 60 valence electrons. The molecule has 0 saturated heterocycles. The largest absolute Gasteiger partial charge is 0.386 e. The number of nitrogens with one attached hydrogen (secondary N) is 2. The van der Waals surface area contributed by atoms with Crippen molar-refractivity contribution in [2.75, 3.05) is 24.2 Å². The second-order valence-corrected chi connectivity index (χ2v) is 2.33. The van der Waals surface area contributed by atoms with Crippen molar-refractivity contribution in [1.29, 1.82) is 0 Å². The fourth-order valence-electron chi connectivity index (χ4n) is 1.05. The molecule has 0 bridgehead atoms. The highest BCUT2D eigenvalue weighted by Crippen LogP contribution is 2.19. The van der Waals surface area contributed by atoms with Crippen LogP contribution < -0.4 is 10.6 Å². The molecule has 11 heavy (non-hydrogen) atoms. The fourth-order valence-corrected chi connectivity index (χ4v) is 1.05. The van der Waals surface area contributed by atoms with E-state index in [0.29, 0.717) is 0 Å². The predicted molar refractivity (Wildman–Crippen MR) is 50.2 cm³/mol. The first-order valence-electron chi connectivity index (χ1n) is 3.89. The molecule has 0 radical (unpaired) electrons. The molecule has 0 aliphatic heterocycles. The molecule has 2 nitrogen and oxygen atoms in total. The van der Waals surface area contributed by atoms with Gasteiger partial charge in [-0.15, -0.1) is 0 Å². The van der Waals surface area contributed by atoms with Gasteiger partial charge < -0.3 is 10.6 Å². The molecule has 2 N–H and O–H groups in total. The number of hydrogen-bond acceptors (Lipinski definition) is 2. The van der Waals surface area contributed by atoms with E-state index in [1.165, 1.54) is 0 Å². The quantitative estimate of drug-likeness (QED) is 0.690. The van der Waals surface area contributed by atoms with Crippen LogP contribution in [0.15, 0.2) is 24.3 Å². The minimum Gasteiger partial charge on any atom is -0.386 e. The van der Waals surface area contributed by atoms with Crippen molar-refractivity contribution in [3.63, 3.8) is 0 Å². The third-order valence-corrected chi connectivity index (χ3v) is 1.56. The summed E-state index contributed by atoms with van der Waals surface area (Å²) < 4.78 is 0. The second-order valence-electron chi connectivity index (χ2n) is 2.33. The standard InChI is InChI=1S/C9H14N2/c1-3-11-9-7-5-4-6-8(9)10-2/h4-7,10-11H,3H2,1-2H3. The molecule has 0 aliphatic rings. The molecule has 2 heteroatoms. The summed E-state index contributed by atoms with van der Waals surface area (Å²) in [4.78, 5) is 0. The fraction of sp³-hybridized carbons (Fsp3) is 0.333. The minimum absolute atomic E-state index is 0.957. The van der Waals surface area contributed by atoms with Crippen LogP contribution in [0.4, 0.5) is 11.4 Å². The molecule has 1 aromatic carbocycles. The molecular formula is C9H14N2. The van der Waals surface area contributed by atoms with E-state index < -0.39 is 0 Å². The van der Waals surface area contributed by atoms with Crippen LogP contribution in [-0.4, -0.2) is 13.6 Å². The van der Waals surface area contributed by atoms with Crippen LogP contribution in [0, 0.1) is 0 Å². The minimum atomic E-state index is 0.957. The van der Waals surface area contributed by atoms with E-state index in [-0.39, 0.29) is 0 Å². The van der Waals surface area contributed by atoms with Gasteiger partial charge in [-0.2, -0.15) is 0 Å². The predicted octanol–water partition coefficient (Wildman–Crippen LogP) is 2.16. The summed E-state index contributed by atoms with van der Waals surface area (Å²) in [5, 5.41) is 6.38. The first kappa shape index (κ1) is 7.92. The zero-order chi connectivity index (χ0) is 8.10. The maximum atomic E-state index is 3.26. The third-order valence-electron chi connectivity index (χ3n) is 1.56. The molecule has 0 heterocycles. The van der Waals surface area contributed by atoms with Crippen LogP contribution in [0.2, 0.25) is 0 Å². The maximum absolute atomic E-state index is 3.26. The Hall–Kier alpha value is -1.18. The Morgan fingerprint density at radius 3 is 2.36 bits per heavy atom. The molecule has 0 aliphatic carbocycles. The summed E-state index contributed by atoms with van der Waals surface area (Å²) in [6, 6.07) is 8.17. The average molecular weight is 150 g/mol. The van der Waals surface area contributed by atoms with Gasteiger partial charge in [0.05, 0.1) is 11.4 Å². The Balaban J connectivity index is 2.83. The summed E-state index contributed by atoms with van der Waals surface area (Å²) in [7, 11) is 1.93. The van der Waals surface area contributed by atoms with Crippen molar-refractivity contribution < 1.29 is 0 Å². The van der Waals surface area contributed by atoms with Gasteiger partial charge >= 0.3 is 0 Å². The summed E-state index contributed by atoms with van der Waals surface area (Å²) in [5.41, 5.74) is 2.31. The van der Waals surface area contributed by atoms with Crippen molar-refractivity contribution in [3.05, 3.63) is 24.3 Å². The molecule has 0 amide bonds. The zero-order valence-corrected chi connectivity index (χ0v) is 7.02. The van der Waals surface area contributed by atoms with Gasteiger partial charge in [-0.3, -0.25) is 0 Å². The highest BCUT2D eigenvalue weighted by molar-refractivity contribution is 5.68. The van der Waals surface area contributed by atoms with Crippen molar-refractivity contribution in [2.45, 2.75) is 6.92 Å². The van der Waals surface area contributed by atoms with Crippen LogP contribution in [0.3, 0.4) is 0 Å². The van der Waals surface area contributed by atoms with E-state index in [0.717, 1.165) is 17.9 Å². The van der Waals surface area contributed by atoms with E-state index in [1.54, 1.807) is 0 Å². The van der Waals surface area contributed by atoms with Gasteiger partial charge in [0.2, 0.25) is 0 Å². The Morgan fingerprint density at radius 1 is 1.18 bits per heavy atom. The molecule has 0 aromatic heterocycles. The lowest BCUT2D eigenvalue weighted by molar-refractivity contribution is 1.21. The van der Waals surface area contributed by atoms with Gasteiger partial charge in [-0.1, -0.05) is 12.1 Å². The molecule has 0 saturated carbocycles. The number of rotatable bonds is 3. The lowest BCUT2D eigenvalue weighted by Crippen LogP contribution is -2.00. The molecular weight excluding hydrogens is 136 g/mol.